The number of imidazole rings is 2. The van der Waals surface area contributed by atoms with Crippen molar-refractivity contribution in [2.24, 2.45) is 0 Å². The number of rotatable bonds is 2. The molecule has 2 N–H and O–H groups in total. The normalized spacial score (nSPS) is 9.82. The van der Waals surface area contributed by atoms with E-state index in [-0.39, 0.29) is 0 Å². The van der Waals surface area contributed by atoms with Crippen molar-refractivity contribution < 1.29 is 0 Å². The minimum absolute atomic E-state index is 0.736. The molecule has 2 aromatic rings. The highest BCUT2D eigenvalue weighted by Gasteiger charge is 2.01. The van der Waals surface area contributed by atoms with E-state index in [2.05, 4.69) is 19.9 Å². The summed E-state index contributed by atoms with van der Waals surface area (Å²) < 4.78 is 0. The number of H-pyrrole nitrogens is 2. The fraction of sp³-hybridized carbons (Fsp3) is 0. The van der Waals surface area contributed by atoms with Gasteiger partial charge in [-0.05, 0) is 0 Å². The third-order valence-electron chi connectivity index (χ3n) is 1.44. The van der Waals surface area contributed by atoms with E-state index in [9.17, 15) is 0 Å². The molecule has 0 saturated carbocycles. The second-order valence-corrected chi connectivity index (χ2v) is 2.25. The lowest BCUT2D eigenvalue weighted by Crippen LogP contribution is -2.32. The molecule has 0 radical (unpaired) electrons. The van der Waals surface area contributed by atoms with E-state index in [1.54, 1.807) is 24.8 Å². The van der Waals surface area contributed by atoms with E-state index in [0.29, 0.717) is 0 Å². The Hall–Kier alpha value is -1.52. The van der Waals surface area contributed by atoms with Gasteiger partial charge in [0.2, 0.25) is 0 Å². The van der Waals surface area contributed by atoms with E-state index >= 15 is 0 Å². The molecule has 0 spiro atoms. The third kappa shape index (κ3) is 1.31. The van der Waals surface area contributed by atoms with Crippen LogP contribution >= 0.6 is 0 Å². The van der Waals surface area contributed by atoms with E-state index in [1.807, 2.05) is 0 Å². The van der Waals surface area contributed by atoms with Crippen LogP contribution in [0.15, 0.2) is 24.8 Å². The number of hydrogen-bond donors (Lipinski definition) is 2. The van der Waals surface area contributed by atoms with E-state index in [0.717, 1.165) is 18.7 Å². The highest BCUT2D eigenvalue weighted by Crippen LogP contribution is 1.69. The molecule has 0 atom stereocenters. The van der Waals surface area contributed by atoms with Crippen molar-refractivity contribution in [2.45, 2.75) is 0 Å². The highest BCUT2D eigenvalue weighted by atomic mass is 14.9. The Bertz CT molecular complexity index is 267. The molecule has 0 amide bonds. The molecule has 0 aliphatic heterocycles. The maximum Gasteiger partial charge on any atom is 0.283 e. The smallest absolute Gasteiger partial charge is 0.283 e. The monoisotopic (exact) mass is 146 g/mol. The van der Waals surface area contributed by atoms with Crippen molar-refractivity contribution in [3.8, 4) is 0 Å². The number of aromatic nitrogens is 4. The molecule has 0 fully saturated rings. The van der Waals surface area contributed by atoms with Crippen molar-refractivity contribution >= 4 is 18.7 Å². The van der Waals surface area contributed by atoms with Crippen LogP contribution in [0, 0.1) is 0 Å². The van der Waals surface area contributed by atoms with Crippen molar-refractivity contribution in [3.05, 3.63) is 24.8 Å². The second-order valence-electron chi connectivity index (χ2n) is 2.25. The maximum atomic E-state index is 4.08. The molecule has 11 heavy (non-hydrogen) atoms. The Balaban J connectivity index is 2.14. The van der Waals surface area contributed by atoms with Gasteiger partial charge < -0.3 is 9.97 Å². The summed E-state index contributed by atoms with van der Waals surface area (Å²) >= 11 is 0. The van der Waals surface area contributed by atoms with Gasteiger partial charge in [-0.3, -0.25) is 9.97 Å². The van der Waals surface area contributed by atoms with Crippen LogP contribution in [-0.2, 0) is 0 Å². The summed E-state index contributed by atoms with van der Waals surface area (Å²) in [6, 6.07) is 0. The Morgan fingerprint density at radius 3 is 1.91 bits per heavy atom. The largest absolute Gasteiger partial charge is 0.356 e. The Labute approximate surface area is 64.3 Å². The fourth-order valence-electron chi connectivity index (χ4n) is 0.948. The SMILES string of the molecule is B(c1ncc[nH]1)c1ncc[nH]1. The molecule has 5 heteroatoms. The van der Waals surface area contributed by atoms with Crippen molar-refractivity contribution in [2.75, 3.05) is 0 Å². The van der Waals surface area contributed by atoms with Crippen LogP contribution in [0.2, 0.25) is 0 Å². The van der Waals surface area contributed by atoms with E-state index in [1.165, 1.54) is 0 Å². The van der Waals surface area contributed by atoms with Gasteiger partial charge in [0.15, 0.2) is 0 Å². The molecule has 0 unspecified atom stereocenters. The highest BCUT2D eigenvalue weighted by molar-refractivity contribution is 6.64. The minimum atomic E-state index is 0.736. The first-order chi connectivity index (χ1) is 5.45. The van der Waals surface area contributed by atoms with E-state index < -0.39 is 0 Å². The number of nitrogens with one attached hydrogen (secondary N) is 2. The first kappa shape index (κ1) is 6.21. The van der Waals surface area contributed by atoms with Crippen LogP contribution in [0.4, 0.5) is 0 Å². The third-order valence-corrected chi connectivity index (χ3v) is 1.44. The van der Waals surface area contributed by atoms with Gasteiger partial charge in [0.05, 0.1) is 11.4 Å². The Morgan fingerprint density at radius 2 is 1.55 bits per heavy atom. The molecule has 0 aromatic carbocycles. The van der Waals surface area contributed by atoms with Crippen molar-refractivity contribution in [1.29, 1.82) is 0 Å². The molecule has 4 nitrogen and oxygen atoms in total. The van der Waals surface area contributed by atoms with Gasteiger partial charge in [-0.1, -0.05) is 0 Å². The average Bonchev–Trinajstić information content (AvgIpc) is 2.60. The molecule has 0 aliphatic carbocycles. The molecular formula is C6H7BN4. The van der Waals surface area contributed by atoms with Crippen LogP contribution in [0.1, 0.15) is 0 Å². The predicted octanol–water partition coefficient (Wildman–Crippen LogP) is -1.48. The summed E-state index contributed by atoms with van der Waals surface area (Å²) in [6.07, 6.45) is 7.08. The van der Waals surface area contributed by atoms with E-state index in [4.69, 9.17) is 0 Å². The molecule has 2 aromatic heterocycles. The zero-order valence-electron chi connectivity index (χ0n) is 5.91. The zero-order chi connectivity index (χ0) is 7.52. The van der Waals surface area contributed by atoms with Gasteiger partial charge in [0.25, 0.3) is 7.28 Å². The summed E-state index contributed by atoms with van der Waals surface area (Å²) in [5.41, 5.74) is 1.86. The summed E-state index contributed by atoms with van der Waals surface area (Å²) in [5.74, 6) is 0. The lowest BCUT2D eigenvalue weighted by atomic mass is 9.77. The molecule has 0 bridgehead atoms. The summed E-state index contributed by atoms with van der Waals surface area (Å²) in [4.78, 5) is 14.2. The van der Waals surface area contributed by atoms with Gasteiger partial charge in [0, 0.05) is 24.8 Å². The molecule has 54 valence electrons. The number of nitrogens with zero attached hydrogens (tertiary/aromatic N) is 2. The van der Waals surface area contributed by atoms with Crippen LogP contribution in [0.3, 0.4) is 0 Å². The van der Waals surface area contributed by atoms with Crippen LogP contribution in [-0.4, -0.2) is 27.2 Å². The van der Waals surface area contributed by atoms with Crippen LogP contribution < -0.4 is 11.4 Å². The summed E-state index contributed by atoms with van der Waals surface area (Å²) in [7, 11) is 0.736. The fourth-order valence-corrected chi connectivity index (χ4v) is 0.948. The van der Waals surface area contributed by atoms with Gasteiger partial charge in [-0.2, -0.15) is 0 Å². The lowest BCUT2D eigenvalue weighted by molar-refractivity contribution is 1.37. The van der Waals surface area contributed by atoms with Gasteiger partial charge >= 0.3 is 0 Å². The zero-order valence-corrected chi connectivity index (χ0v) is 5.91. The topological polar surface area (TPSA) is 57.4 Å². The van der Waals surface area contributed by atoms with Crippen molar-refractivity contribution in [1.82, 2.24) is 19.9 Å². The standard InChI is InChI=1S/C6H7BN4/c1-2-9-5(8-1)7-6-10-3-4-11-6/h1-4,7H,(H,8,9)(H,10,11). The predicted molar refractivity (Wildman–Crippen MR) is 43.6 cm³/mol. The average molecular weight is 146 g/mol. The van der Waals surface area contributed by atoms with Crippen LogP contribution in [0.5, 0.6) is 0 Å². The Morgan fingerprint density at radius 1 is 1.00 bits per heavy atom. The van der Waals surface area contributed by atoms with Gasteiger partial charge in [-0.25, -0.2) is 0 Å². The maximum absolute atomic E-state index is 4.08. The first-order valence-corrected chi connectivity index (χ1v) is 3.41. The summed E-state index contributed by atoms with van der Waals surface area (Å²) in [6.45, 7) is 0. The molecule has 0 aliphatic rings. The molecule has 2 heterocycles. The second kappa shape index (κ2) is 2.61. The molecular weight excluding hydrogens is 139 g/mol. The number of hydrogen-bond acceptors (Lipinski definition) is 2. The lowest BCUT2D eigenvalue weighted by Gasteiger charge is -1.87. The number of aromatic amines is 2. The van der Waals surface area contributed by atoms with Gasteiger partial charge in [-0.15, -0.1) is 0 Å². The minimum Gasteiger partial charge on any atom is -0.356 e. The quantitative estimate of drug-likeness (QED) is 0.507. The molecule has 2 rings (SSSR count). The van der Waals surface area contributed by atoms with Crippen molar-refractivity contribution in [3.63, 3.8) is 0 Å². The first-order valence-electron chi connectivity index (χ1n) is 3.41. The summed E-state index contributed by atoms with van der Waals surface area (Å²) in [5, 5.41) is 0. The Kier molecular flexibility index (Phi) is 1.48. The van der Waals surface area contributed by atoms with Crippen LogP contribution in [0.25, 0.3) is 0 Å². The molecule has 0 saturated heterocycles. The van der Waals surface area contributed by atoms with Gasteiger partial charge in [0.1, 0.15) is 0 Å².